The fourth-order valence-corrected chi connectivity index (χ4v) is 4.42. The molecular weight excluding hydrogens is 388 g/mol. The zero-order valence-electron chi connectivity index (χ0n) is 16.0. The van der Waals surface area contributed by atoms with Crippen LogP contribution in [0.5, 0.6) is 0 Å². The predicted octanol–water partition coefficient (Wildman–Crippen LogP) is 2.88. The summed E-state index contributed by atoms with van der Waals surface area (Å²) in [5.74, 6) is 0.664. The van der Waals surface area contributed by atoms with Gasteiger partial charge in [0.2, 0.25) is 10.0 Å². The summed E-state index contributed by atoms with van der Waals surface area (Å²) in [6.45, 7) is 2.97. The molecule has 0 spiro atoms. The average molecular weight is 410 g/mol. The van der Waals surface area contributed by atoms with Crippen molar-refractivity contribution in [2.75, 3.05) is 13.1 Å². The first kappa shape index (κ1) is 19.5. The number of hydrogen-bond acceptors (Lipinski definition) is 6. The van der Waals surface area contributed by atoms with Crippen molar-refractivity contribution >= 4 is 31.9 Å². The smallest absolute Gasteiger partial charge is 0.240 e. The van der Waals surface area contributed by atoms with E-state index < -0.39 is 10.0 Å². The standard InChI is InChI=1S/C21H22N4O3S/c1-15(13-22-11-9-21-24-19-4-2-3-5-20(19)28-21)25-29(26,27)18-7-6-17-14-23-10-8-16(17)12-18/h2-8,10,12,14-15,22,25H,9,11,13H2,1H3/t15-/m1/s1. The molecule has 0 saturated heterocycles. The van der Waals surface area contributed by atoms with Gasteiger partial charge in [0.1, 0.15) is 5.52 Å². The van der Waals surface area contributed by atoms with Gasteiger partial charge in [-0.15, -0.1) is 0 Å². The van der Waals surface area contributed by atoms with Crippen LogP contribution in [0.1, 0.15) is 12.8 Å². The molecule has 1 atom stereocenters. The minimum Gasteiger partial charge on any atom is -0.441 e. The molecule has 0 aliphatic heterocycles. The molecule has 4 aromatic rings. The highest BCUT2D eigenvalue weighted by Gasteiger charge is 2.17. The fourth-order valence-electron chi connectivity index (χ4n) is 3.14. The van der Waals surface area contributed by atoms with Crippen LogP contribution in [0.4, 0.5) is 0 Å². The second-order valence-electron chi connectivity index (χ2n) is 6.94. The van der Waals surface area contributed by atoms with E-state index in [2.05, 4.69) is 20.0 Å². The zero-order valence-corrected chi connectivity index (χ0v) is 16.8. The van der Waals surface area contributed by atoms with Crippen LogP contribution in [0.25, 0.3) is 21.9 Å². The first-order valence-corrected chi connectivity index (χ1v) is 10.9. The minimum absolute atomic E-state index is 0.245. The molecule has 2 heterocycles. The van der Waals surface area contributed by atoms with E-state index in [1.54, 1.807) is 36.7 Å². The summed E-state index contributed by atoms with van der Waals surface area (Å²) in [5, 5.41) is 4.99. The van der Waals surface area contributed by atoms with Crippen LogP contribution < -0.4 is 10.0 Å². The first-order chi connectivity index (χ1) is 14.0. The molecule has 0 aliphatic carbocycles. The van der Waals surface area contributed by atoms with Gasteiger partial charge >= 0.3 is 0 Å². The number of nitrogens with one attached hydrogen (secondary N) is 2. The Morgan fingerprint density at radius 3 is 2.83 bits per heavy atom. The van der Waals surface area contributed by atoms with Crippen LogP contribution in [0.2, 0.25) is 0 Å². The van der Waals surface area contributed by atoms with Gasteiger partial charge in [-0.3, -0.25) is 4.98 Å². The number of nitrogens with zero attached hydrogens (tertiary/aromatic N) is 2. The lowest BCUT2D eigenvalue weighted by Gasteiger charge is -2.15. The van der Waals surface area contributed by atoms with Gasteiger partial charge in [-0.25, -0.2) is 18.1 Å². The molecule has 0 fully saturated rings. The largest absolute Gasteiger partial charge is 0.441 e. The zero-order chi connectivity index (χ0) is 20.3. The fraction of sp³-hybridized carbons (Fsp3) is 0.238. The van der Waals surface area contributed by atoms with Gasteiger partial charge in [0.15, 0.2) is 11.5 Å². The van der Waals surface area contributed by atoms with Crippen molar-refractivity contribution in [1.82, 2.24) is 20.0 Å². The number of oxazole rings is 1. The monoisotopic (exact) mass is 410 g/mol. The van der Waals surface area contributed by atoms with Gasteiger partial charge in [0.05, 0.1) is 4.90 Å². The lowest BCUT2D eigenvalue weighted by molar-refractivity contribution is 0.499. The molecule has 0 amide bonds. The summed E-state index contributed by atoms with van der Waals surface area (Å²) < 4.78 is 33.7. The molecule has 4 rings (SSSR count). The van der Waals surface area contributed by atoms with E-state index in [4.69, 9.17) is 4.42 Å². The molecule has 2 aromatic heterocycles. The molecule has 7 nitrogen and oxygen atoms in total. The predicted molar refractivity (Wildman–Crippen MR) is 112 cm³/mol. The number of sulfonamides is 1. The molecule has 2 N–H and O–H groups in total. The molecule has 0 unspecified atom stereocenters. The maximum Gasteiger partial charge on any atom is 0.240 e. The normalized spacial score (nSPS) is 13.1. The Hall–Kier alpha value is -2.81. The lowest BCUT2D eigenvalue weighted by atomic mass is 10.2. The Balaban J connectivity index is 1.30. The molecule has 150 valence electrons. The summed E-state index contributed by atoms with van der Waals surface area (Å²) in [7, 11) is -3.60. The van der Waals surface area contributed by atoms with Crippen molar-refractivity contribution in [2.45, 2.75) is 24.3 Å². The van der Waals surface area contributed by atoms with Crippen molar-refractivity contribution in [2.24, 2.45) is 0 Å². The summed E-state index contributed by atoms with van der Waals surface area (Å²) in [4.78, 5) is 8.72. The third kappa shape index (κ3) is 4.61. The second-order valence-corrected chi connectivity index (χ2v) is 8.65. The Kier molecular flexibility index (Phi) is 5.57. The summed E-state index contributed by atoms with van der Waals surface area (Å²) in [6.07, 6.45) is 3.99. The van der Waals surface area contributed by atoms with Crippen LogP contribution in [-0.2, 0) is 16.4 Å². The number of aromatic nitrogens is 2. The second kappa shape index (κ2) is 8.28. The maximum atomic E-state index is 12.7. The van der Waals surface area contributed by atoms with E-state index >= 15 is 0 Å². The first-order valence-electron chi connectivity index (χ1n) is 9.42. The van der Waals surface area contributed by atoms with Gasteiger partial charge in [-0.1, -0.05) is 18.2 Å². The van der Waals surface area contributed by atoms with Crippen LogP contribution in [-0.4, -0.2) is 37.5 Å². The van der Waals surface area contributed by atoms with Crippen molar-refractivity contribution in [3.8, 4) is 0 Å². The third-order valence-electron chi connectivity index (χ3n) is 4.58. The van der Waals surface area contributed by atoms with Crippen molar-refractivity contribution in [3.63, 3.8) is 0 Å². The Morgan fingerprint density at radius 2 is 1.97 bits per heavy atom. The molecule has 29 heavy (non-hydrogen) atoms. The van der Waals surface area contributed by atoms with Crippen LogP contribution in [0, 0.1) is 0 Å². The van der Waals surface area contributed by atoms with E-state index in [0.717, 1.165) is 21.9 Å². The third-order valence-corrected chi connectivity index (χ3v) is 6.17. The van der Waals surface area contributed by atoms with E-state index in [0.29, 0.717) is 25.4 Å². The van der Waals surface area contributed by atoms with Crippen LogP contribution >= 0.6 is 0 Å². The van der Waals surface area contributed by atoms with E-state index in [1.807, 2.05) is 31.2 Å². The van der Waals surface area contributed by atoms with Crippen molar-refractivity contribution in [1.29, 1.82) is 0 Å². The molecule has 2 aromatic carbocycles. The summed E-state index contributed by atoms with van der Waals surface area (Å²) in [5.41, 5.74) is 1.62. The average Bonchev–Trinajstić information content (AvgIpc) is 3.13. The lowest BCUT2D eigenvalue weighted by Crippen LogP contribution is -2.40. The number of fused-ring (bicyclic) bond motifs is 2. The Labute approximate surface area is 169 Å². The molecule has 0 radical (unpaired) electrons. The SMILES string of the molecule is C[C@H](CNCCc1nc2ccccc2o1)NS(=O)(=O)c1ccc2cnccc2c1. The van der Waals surface area contributed by atoms with Gasteiger partial charge in [-0.2, -0.15) is 0 Å². The van der Waals surface area contributed by atoms with Crippen LogP contribution in [0.3, 0.4) is 0 Å². The number of para-hydroxylation sites is 2. The van der Waals surface area contributed by atoms with E-state index in [-0.39, 0.29) is 10.9 Å². The molecule has 0 saturated carbocycles. The highest BCUT2D eigenvalue weighted by molar-refractivity contribution is 7.89. The van der Waals surface area contributed by atoms with Crippen molar-refractivity contribution < 1.29 is 12.8 Å². The van der Waals surface area contributed by atoms with Gasteiger partial charge in [-0.05, 0) is 42.6 Å². The Bertz CT molecular complexity index is 1200. The summed E-state index contributed by atoms with van der Waals surface area (Å²) in [6, 6.07) is 14.2. The number of hydrogen-bond donors (Lipinski definition) is 2. The topological polar surface area (TPSA) is 97.1 Å². The van der Waals surface area contributed by atoms with Gasteiger partial charge in [0, 0.05) is 43.3 Å². The van der Waals surface area contributed by atoms with Crippen LogP contribution in [0.15, 0.2) is 70.2 Å². The quantitative estimate of drug-likeness (QED) is 0.434. The van der Waals surface area contributed by atoms with E-state index in [9.17, 15) is 8.42 Å². The van der Waals surface area contributed by atoms with Gasteiger partial charge in [0.25, 0.3) is 0 Å². The minimum atomic E-state index is -3.60. The molecule has 0 aliphatic rings. The molecular formula is C21H22N4O3S. The number of benzene rings is 2. The highest BCUT2D eigenvalue weighted by atomic mass is 32.2. The Morgan fingerprint density at radius 1 is 1.10 bits per heavy atom. The molecule has 0 bridgehead atoms. The van der Waals surface area contributed by atoms with E-state index in [1.165, 1.54) is 0 Å². The molecule has 8 heteroatoms. The van der Waals surface area contributed by atoms with Gasteiger partial charge < -0.3 is 9.73 Å². The van der Waals surface area contributed by atoms with Crippen molar-refractivity contribution in [3.05, 3.63) is 66.8 Å². The number of pyridine rings is 1. The highest BCUT2D eigenvalue weighted by Crippen LogP contribution is 2.18. The number of rotatable bonds is 8. The summed E-state index contributed by atoms with van der Waals surface area (Å²) >= 11 is 0. The maximum absolute atomic E-state index is 12.7.